The van der Waals surface area contributed by atoms with Crippen molar-refractivity contribution in [3.05, 3.63) is 106 Å². The Morgan fingerprint density at radius 1 is 0.906 bits per heavy atom. The lowest BCUT2D eigenvalue weighted by molar-refractivity contribution is -0.159. The van der Waals surface area contributed by atoms with E-state index in [1.54, 1.807) is 35.6 Å². The number of hydrogen-bond acceptors (Lipinski definition) is 14. The van der Waals surface area contributed by atoms with Crippen molar-refractivity contribution in [1.29, 1.82) is 0 Å². The number of nitrogens with one attached hydrogen (secondary N) is 3. The fourth-order valence-corrected chi connectivity index (χ4v) is 9.06. The van der Waals surface area contributed by atoms with Crippen LogP contribution in [0.1, 0.15) is 67.7 Å². The van der Waals surface area contributed by atoms with Crippen molar-refractivity contribution in [3.63, 3.8) is 0 Å². The molecule has 5 amide bonds. The van der Waals surface area contributed by atoms with E-state index < -0.39 is 53.1 Å². The SMILES string of the molecule is O=C1CCC(N2C(=O)c3cccc(NCCOCCOCCN4CCC(CNC(=O)c5cccc(-c6noc(C(F)(F)F)n6)c5)(c5nc(-c6ccccc6)cs5)CC4)c3C2=O)C(=O)N1. The molecule has 334 valence electrons. The number of rotatable bonds is 17. The zero-order valence-electron chi connectivity index (χ0n) is 34.3. The summed E-state index contributed by atoms with van der Waals surface area (Å²) in [6.45, 7) is 4.21. The van der Waals surface area contributed by atoms with E-state index in [9.17, 15) is 37.1 Å². The number of thiazole rings is 1. The number of aromatic nitrogens is 3. The minimum Gasteiger partial charge on any atom is -0.382 e. The van der Waals surface area contributed by atoms with Crippen LogP contribution in [0.15, 0.2) is 82.7 Å². The predicted molar refractivity (Wildman–Crippen MR) is 225 cm³/mol. The van der Waals surface area contributed by atoms with Gasteiger partial charge in [-0.25, -0.2) is 4.98 Å². The fraction of sp³-hybridized carbons (Fsp3) is 0.364. The first-order valence-electron chi connectivity index (χ1n) is 20.7. The van der Waals surface area contributed by atoms with Crippen LogP contribution in [0.2, 0.25) is 0 Å². The first kappa shape index (κ1) is 44.3. The van der Waals surface area contributed by atoms with Gasteiger partial charge in [0, 0.05) is 59.2 Å². The molecule has 3 aromatic carbocycles. The zero-order valence-corrected chi connectivity index (χ0v) is 35.1. The van der Waals surface area contributed by atoms with Crippen LogP contribution in [0.3, 0.4) is 0 Å². The predicted octanol–water partition coefficient (Wildman–Crippen LogP) is 5.19. The average molecular weight is 901 g/mol. The van der Waals surface area contributed by atoms with Crippen LogP contribution in [-0.2, 0) is 30.7 Å². The summed E-state index contributed by atoms with van der Waals surface area (Å²) in [7, 11) is 0. The van der Waals surface area contributed by atoms with Gasteiger partial charge in [0.2, 0.25) is 17.6 Å². The van der Waals surface area contributed by atoms with Gasteiger partial charge in [0.05, 0.1) is 43.2 Å². The molecule has 3 N–H and O–H groups in total. The number of imide groups is 2. The second-order valence-corrected chi connectivity index (χ2v) is 16.4. The molecule has 3 aliphatic rings. The van der Waals surface area contributed by atoms with E-state index in [2.05, 4.69) is 35.5 Å². The summed E-state index contributed by atoms with van der Waals surface area (Å²) in [5.41, 5.74) is 2.63. The van der Waals surface area contributed by atoms with Gasteiger partial charge < -0.3 is 29.5 Å². The molecule has 0 aliphatic carbocycles. The second kappa shape index (κ2) is 19.2. The molecule has 64 heavy (non-hydrogen) atoms. The summed E-state index contributed by atoms with van der Waals surface area (Å²) in [5, 5.41) is 14.8. The molecule has 0 spiro atoms. The molecular formula is C44H43F3N8O8S. The number of piperidine rings is 2. The summed E-state index contributed by atoms with van der Waals surface area (Å²) >= 11 is 1.55. The highest BCUT2D eigenvalue weighted by Gasteiger charge is 2.46. The fourth-order valence-electron chi connectivity index (χ4n) is 7.97. The maximum Gasteiger partial charge on any atom is 0.471 e. The molecule has 5 aromatic rings. The van der Waals surface area contributed by atoms with E-state index in [0.29, 0.717) is 58.0 Å². The lowest BCUT2D eigenvalue weighted by atomic mass is 9.78. The van der Waals surface area contributed by atoms with Crippen LogP contribution in [0.4, 0.5) is 18.9 Å². The summed E-state index contributed by atoms with van der Waals surface area (Å²) in [6, 6.07) is 19.7. The summed E-state index contributed by atoms with van der Waals surface area (Å²) in [6.07, 6.45) is -3.27. The van der Waals surface area contributed by atoms with Gasteiger partial charge in [0.25, 0.3) is 17.7 Å². The number of fused-ring (bicyclic) bond motifs is 1. The van der Waals surface area contributed by atoms with Crippen LogP contribution >= 0.6 is 11.3 Å². The van der Waals surface area contributed by atoms with Gasteiger partial charge in [-0.05, 0) is 56.6 Å². The van der Waals surface area contributed by atoms with Crippen molar-refractivity contribution in [2.24, 2.45) is 0 Å². The summed E-state index contributed by atoms with van der Waals surface area (Å²) < 4.78 is 55.2. The highest BCUT2D eigenvalue weighted by Crippen LogP contribution is 2.39. The van der Waals surface area contributed by atoms with Crippen molar-refractivity contribution in [2.45, 2.75) is 43.3 Å². The van der Waals surface area contributed by atoms with Crippen molar-refractivity contribution in [2.75, 3.05) is 64.5 Å². The molecule has 16 nitrogen and oxygen atoms in total. The molecule has 0 saturated carbocycles. The Morgan fingerprint density at radius 3 is 2.41 bits per heavy atom. The standard InChI is InChI=1S/C44H43F3N8O8S/c45-44(46,47)41-52-36(53-63-41)28-8-4-9-29(24-28)37(57)49-26-43(42-50-32(25-64-42)27-6-2-1-3-7-27)14-17-54(18-15-43)19-21-62-23-22-61-20-16-48-31-11-5-10-30-35(31)40(60)55(39(30)59)33-12-13-34(56)51-38(33)58/h1-11,24-25,33,48H,12-23,26H2,(H,49,57)(H,51,56,58). The summed E-state index contributed by atoms with van der Waals surface area (Å²) in [5.74, 6) is -4.40. The van der Waals surface area contributed by atoms with E-state index in [1.165, 1.54) is 18.2 Å². The van der Waals surface area contributed by atoms with Crippen LogP contribution < -0.4 is 16.0 Å². The number of anilines is 1. The molecule has 1 atom stereocenters. The van der Waals surface area contributed by atoms with Crippen LogP contribution in [0.5, 0.6) is 0 Å². The minimum atomic E-state index is -4.79. The molecule has 0 radical (unpaired) electrons. The van der Waals surface area contributed by atoms with Crippen molar-refractivity contribution >= 4 is 46.6 Å². The molecule has 0 bridgehead atoms. The number of benzene rings is 3. The second-order valence-electron chi connectivity index (χ2n) is 15.5. The Morgan fingerprint density at radius 2 is 1.66 bits per heavy atom. The molecule has 2 aromatic heterocycles. The number of carbonyl (C=O) groups excluding carboxylic acids is 5. The van der Waals surface area contributed by atoms with Crippen LogP contribution in [0.25, 0.3) is 22.6 Å². The Labute approximate surface area is 368 Å². The highest BCUT2D eigenvalue weighted by atomic mass is 32.1. The molecule has 3 aliphatic heterocycles. The van der Waals surface area contributed by atoms with E-state index in [0.717, 1.165) is 34.3 Å². The van der Waals surface area contributed by atoms with E-state index in [-0.39, 0.29) is 47.5 Å². The smallest absolute Gasteiger partial charge is 0.382 e. The number of alkyl halides is 3. The van der Waals surface area contributed by atoms with Crippen molar-refractivity contribution in [3.8, 4) is 22.6 Å². The number of carbonyl (C=O) groups is 5. The van der Waals surface area contributed by atoms with Gasteiger partial charge in [-0.15, -0.1) is 11.3 Å². The molecule has 5 heterocycles. The zero-order chi connectivity index (χ0) is 44.8. The van der Waals surface area contributed by atoms with Gasteiger partial charge >= 0.3 is 12.1 Å². The Bertz CT molecular complexity index is 2520. The lowest BCUT2D eigenvalue weighted by Crippen LogP contribution is -2.54. The Kier molecular flexibility index (Phi) is 13.3. The maximum atomic E-state index is 13.5. The number of likely N-dealkylation sites (tertiary alicyclic amines) is 1. The van der Waals surface area contributed by atoms with Gasteiger partial charge in [0.15, 0.2) is 0 Å². The van der Waals surface area contributed by atoms with Crippen molar-refractivity contribution in [1.82, 2.24) is 35.6 Å². The van der Waals surface area contributed by atoms with E-state index in [1.807, 2.05) is 35.7 Å². The minimum absolute atomic E-state index is 0.0405. The quantitative estimate of drug-likeness (QED) is 0.0816. The number of nitrogens with zero attached hydrogens (tertiary/aromatic N) is 5. The third kappa shape index (κ3) is 9.74. The first-order chi connectivity index (χ1) is 30.9. The molecule has 2 saturated heterocycles. The number of hydrogen-bond donors (Lipinski definition) is 3. The van der Waals surface area contributed by atoms with Gasteiger partial charge in [-0.2, -0.15) is 18.2 Å². The third-order valence-corrected chi connectivity index (χ3v) is 12.5. The average Bonchev–Trinajstić information content (AvgIpc) is 4.06. The molecule has 20 heteroatoms. The highest BCUT2D eigenvalue weighted by molar-refractivity contribution is 7.10. The first-order valence-corrected chi connectivity index (χ1v) is 21.6. The van der Waals surface area contributed by atoms with Gasteiger partial charge in [0.1, 0.15) is 11.0 Å². The van der Waals surface area contributed by atoms with Crippen LogP contribution in [-0.4, -0.2) is 120 Å². The normalized spacial score (nSPS) is 17.7. The van der Waals surface area contributed by atoms with Gasteiger partial charge in [-0.3, -0.25) is 34.2 Å². The molecular weight excluding hydrogens is 858 g/mol. The lowest BCUT2D eigenvalue weighted by Gasteiger charge is -2.40. The van der Waals surface area contributed by atoms with Gasteiger partial charge in [-0.1, -0.05) is 53.7 Å². The third-order valence-electron chi connectivity index (χ3n) is 11.4. The number of halogens is 3. The topological polar surface area (TPSA) is 198 Å². The summed E-state index contributed by atoms with van der Waals surface area (Å²) in [4.78, 5) is 75.7. The number of ether oxygens (including phenoxy) is 2. The Balaban J connectivity index is 0.798. The molecule has 8 rings (SSSR count). The largest absolute Gasteiger partial charge is 0.471 e. The Hall–Kier alpha value is -6.35. The maximum absolute atomic E-state index is 13.5. The number of amides is 5. The van der Waals surface area contributed by atoms with E-state index in [4.69, 9.17) is 14.5 Å². The molecule has 1 unspecified atom stereocenters. The van der Waals surface area contributed by atoms with Crippen molar-refractivity contribution < 1.29 is 51.1 Å². The van der Waals surface area contributed by atoms with Crippen LogP contribution in [0, 0.1) is 0 Å². The van der Waals surface area contributed by atoms with E-state index >= 15 is 0 Å². The molecule has 2 fully saturated rings. The monoisotopic (exact) mass is 900 g/mol.